The zero-order valence-corrected chi connectivity index (χ0v) is 13.6. The van der Waals surface area contributed by atoms with E-state index in [1.165, 1.54) is 6.07 Å². The Bertz CT molecular complexity index is 572. The second-order valence-electron chi connectivity index (χ2n) is 7.01. The number of urea groups is 1. The van der Waals surface area contributed by atoms with Crippen LogP contribution in [0.5, 0.6) is 0 Å². The van der Waals surface area contributed by atoms with Crippen LogP contribution < -0.4 is 5.32 Å². The lowest BCUT2D eigenvalue weighted by atomic mass is 9.93. The van der Waals surface area contributed by atoms with Gasteiger partial charge in [-0.3, -0.25) is 0 Å². The van der Waals surface area contributed by atoms with E-state index in [4.69, 9.17) is 0 Å². The number of nitrogens with one attached hydrogen (secondary N) is 1. The minimum Gasteiger partial charge on any atom is -0.393 e. The Morgan fingerprint density at radius 3 is 2.87 bits per heavy atom. The van der Waals surface area contributed by atoms with Gasteiger partial charge in [0.15, 0.2) is 0 Å². The Morgan fingerprint density at radius 2 is 2.22 bits per heavy atom. The summed E-state index contributed by atoms with van der Waals surface area (Å²) in [6.45, 7) is 3.57. The molecular weight excluding hydrogens is 295 g/mol. The third-order valence-corrected chi connectivity index (χ3v) is 5.30. The Kier molecular flexibility index (Phi) is 4.57. The maximum atomic E-state index is 14.0. The van der Waals surface area contributed by atoms with Gasteiger partial charge in [-0.25, -0.2) is 9.18 Å². The molecule has 0 aromatic heterocycles. The van der Waals surface area contributed by atoms with E-state index in [9.17, 15) is 14.3 Å². The molecule has 5 heteroatoms. The minimum absolute atomic E-state index is 0.0991. The van der Waals surface area contributed by atoms with Gasteiger partial charge in [0.25, 0.3) is 0 Å². The highest BCUT2D eigenvalue weighted by Crippen LogP contribution is 2.48. The number of carbonyl (C=O) groups is 1. The van der Waals surface area contributed by atoms with E-state index in [1.807, 2.05) is 12.1 Å². The first-order chi connectivity index (χ1) is 11.0. The molecule has 3 rings (SSSR count). The average molecular weight is 320 g/mol. The van der Waals surface area contributed by atoms with Gasteiger partial charge in [-0.1, -0.05) is 18.2 Å². The predicted molar refractivity (Wildman–Crippen MR) is 86.7 cm³/mol. The fraction of sp³-hybridized carbons (Fsp3) is 0.611. The molecule has 2 aliphatic rings. The molecule has 1 saturated carbocycles. The first kappa shape index (κ1) is 16.2. The van der Waals surface area contributed by atoms with Gasteiger partial charge >= 0.3 is 6.03 Å². The summed E-state index contributed by atoms with van der Waals surface area (Å²) >= 11 is 0. The molecule has 1 heterocycles. The van der Waals surface area contributed by atoms with Crippen molar-refractivity contribution >= 4 is 6.03 Å². The summed E-state index contributed by atoms with van der Waals surface area (Å²) < 4.78 is 14.0. The molecule has 0 radical (unpaired) electrons. The van der Waals surface area contributed by atoms with Crippen molar-refractivity contribution in [2.75, 3.05) is 19.6 Å². The lowest BCUT2D eigenvalue weighted by molar-refractivity contribution is 0.0738. The summed E-state index contributed by atoms with van der Waals surface area (Å²) in [5.41, 5.74) is 0.473. The topological polar surface area (TPSA) is 52.6 Å². The lowest BCUT2D eigenvalue weighted by Crippen LogP contribution is -2.48. The summed E-state index contributed by atoms with van der Waals surface area (Å²) in [7, 11) is 0. The number of piperidine rings is 1. The Labute approximate surface area is 136 Å². The number of halogens is 1. The molecule has 126 valence electrons. The van der Waals surface area contributed by atoms with Gasteiger partial charge in [0, 0.05) is 31.0 Å². The van der Waals surface area contributed by atoms with Crippen molar-refractivity contribution in [1.29, 1.82) is 0 Å². The van der Waals surface area contributed by atoms with Crippen LogP contribution in [0.1, 0.15) is 38.2 Å². The number of likely N-dealkylation sites (tertiary alicyclic amines) is 1. The van der Waals surface area contributed by atoms with Gasteiger partial charge < -0.3 is 15.3 Å². The molecule has 1 aliphatic carbocycles. The maximum Gasteiger partial charge on any atom is 0.317 e. The van der Waals surface area contributed by atoms with Gasteiger partial charge in [-0.15, -0.1) is 0 Å². The van der Waals surface area contributed by atoms with Crippen LogP contribution in [0, 0.1) is 11.7 Å². The molecule has 2 fully saturated rings. The fourth-order valence-electron chi connectivity index (χ4n) is 3.53. The van der Waals surface area contributed by atoms with Gasteiger partial charge in [0.1, 0.15) is 5.82 Å². The maximum absolute atomic E-state index is 14.0. The molecule has 1 aromatic carbocycles. The van der Waals surface area contributed by atoms with Crippen molar-refractivity contribution in [2.24, 2.45) is 5.92 Å². The zero-order chi connectivity index (χ0) is 16.4. The van der Waals surface area contributed by atoms with E-state index in [0.29, 0.717) is 18.7 Å². The van der Waals surface area contributed by atoms with E-state index < -0.39 is 6.10 Å². The predicted octanol–water partition coefficient (Wildman–Crippen LogP) is 2.66. The molecule has 0 bridgehead atoms. The van der Waals surface area contributed by atoms with Crippen molar-refractivity contribution in [3.05, 3.63) is 35.6 Å². The number of benzene rings is 1. The van der Waals surface area contributed by atoms with E-state index >= 15 is 0 Å². The molecule has 2 amide bonds. The molecule has 23 heavy (non-hydrogen) atoms. The third-order valence-electron chi connectivity index (χ3n) is 5.30. The Hall–Kier alpha value is -1.62. The molecule has 4 nitrogen and oxygen atoms in total. The molecular formula is C18H25FN2O2. The number of hydrogen-bond donors (Lipinski definition) is 2. The number of rotatable bonds is 4. The number of nitrogens with zero attached hydrogens (tertiary/aromatic N) is 1. The van der Waals surface area contributed by atoms with Gasteiger partial charge in [0.05, 0.1) is 6.10 Å². The van der Waals surface area contributed by atoms with Crippen LogP contribution in [-0.4, -0.2) is 41.8 Å². The summed E-state index contributed by atoms with van der Waals surface area (Å²) in [5.74, 6) is -0.0395. The molecule has 1 aliphatic heterocycles. The largest absolute Gasteiger partial charge is 0.393 e. The van der Waals surface area contributed by atoms with Gasteiger partial charge in [0.2, 0.25) is 0 Å². The smallest absolute Gasteiger partial charge is 0.317 e. The minimum atomic E-state index is -0.390. The summed E-state index contributed by atoms with van der Waals surface area (Å²) in [4.78, 5) is 14.2. The Balaban J connectivity index is 1.58. The number of aliphatic hydroxyl groups is 1. The van der Waals surface area contributed by atoms with E-state index in [1.54, 1.807) is 17.9 Å². The zero-order valence-electron chi connectivity index (χ0n) is 13.6. The SMILES string of the molecule is CC(O)C1CCCN(C(=O)NCC2(c3ccccc3F)CC2)C1. The van der Waals surface area contributed by atoms with Crippen molar-refractivity contribution < 1.29 is 14.3 Å². The molecule has 2 unspecified atom stereocenters. The molecule has 1 aromatic rings. The molecule has 2 atom stereocenters. The fourth-order valence-corrected chi connectivity index (χ4v) is 3.53. The summed E-state index contributed by atoms with van der Waals surface area (Å²) in [6.07, 6.45) is 3.30. The van der Waals surface area contributed by atoms with E-state index in [2.05, 4.69) is 5.32 Å². The third kappa shape index (κ3) is 3.50. The van der Waals surface area contributed by atoms with Crippen LogP contribution in [0.4, 0.5) is 9.18 Å². The standard InChI is InChI=1S/C18H25FN2O2/c1-13(22)14-5-4-10-21(11-14)17(23)20-12-18(8-9-18)15-6-2-3-7-16(15)19/h2-3,6-7,13-14,22H,4-5,8-12H2,1H3,(H,20,23). The van der Waals surface area contributed by atoms with Crippen molar-refractivity contribution in [1.82, 2.24) is 10.2 Å². The van der Waals surface area contributed by atoms with Gasteiger partial charge in [-0.2, -0.15) is 0 Å². The summed E-state index contributed by atoms with van der Waals surface area (Å²) in [5, 5.41) is 12.7. The average Bonchev–Trinajstić information content (AvgIpc) is 3.34. The monoisotopic (exact) mass is 320 g/mol. The number of amides is 2. The first-order valence-corrected chi connectivity index (χ1v) is 8.48. The quantitative estimate of drug-likeness (QED) is 0.896. The lowest BCUT2D eigenvalue weighted by Gasteiger charge is -2.34. The van der Waals surface area contributed by atoms with Crippen LogP contribution in [-0.2, 0) is 5.41 Å². The van der Waals surface area contributed by atoms with Crippen LogP contribution >= 0.6 is 0 Å². The molecule has 1 saturated heterocycles. The van der Waals surface area contributed by atoms with Crippen molar-refractivity contribution in [3.8, 4) is 0 Å². The van der Waals surface area contributed by atoms with E-state index in [0.717, 1.165) is 32.2 Å². The number of hydrogen-bond acceptors (Lipinski definition) is 2. The van der Waals surface area contributed by atoms with Crippen LogP contribution in [0.3, 0.4) is 0 Å². The van der Waals surface area contributed by atoms with E-state index in [-0.39, 0.29) is 23.2 Å². The molecule has 2 N–H and O–H groups in total. The van der Waals surface area contributed by atoms with Crippen molar-refractivity contribution in [3.63, 3.8) is 0 Å². The highest BCUT2D eigenvalue weighted by atomic mass is 19.1. The normalized spacial score (nSPS) is 24.1. The number of carbonyl (C=O) groups excluding carboxylic acids is 1. The second kappa shape index (κ2) is 6.48. The highest BCUT2D eigenvalue weighted by Gasteiger charge is 2.46. The van der Waals surface area contributed by atoms with Crippen LogP contribution in [0.2, 0.25) is 0 Å². The van der Waals surface area contributed by atoms with Crippen LogP contribution in [0.15, 0.2) is 24.3 Å². The van der Waals surface area contributed by atoms with Crippen LogP contribution in [0.25, 0.3) is 0 Å². The second-order valence-corrected chi connectivity index (χ2v) is 7.01. The van der Waals surface area contributed by atoms with Gasteiger partial charge in [-0.05, 0) is 44.2 Å². The molecule has 0 spiro atoms. The highest BCUT2D eigenvalue weighted by molar-refractivity contribution is 5.74. The first-order valence-electron chi connectivity index (χ1n) is 8.48. The number of aliphatic hydroxyl groups excluding tert-OH is 1. The van der Waals surface area contributed by atoms with Crippen molar-refractivity contribution in [2.45, 2.75) is 44.1 Å². The summed E-state index contributed by atoms with van der Waals surface area (Å²) in [6, 6.07) is 6.74. The Morgan fingerprint density at radius 1 is 1.48 bits per heavy atom.